The Kier molecular flexibility index (Phi) is 24.7. The third kappa shape index (κ3) is 19.2. The Morgan fingerprint density at radius 2 is 1.34 bits per heavy atom. The number of nitrogens with one attached hydrogen (secondary N) is 2. The Hall–Kier alpha value is -9.11. The molecule has 492 valence electrons. The summed E-state index contributed by atoms with van der Waals surface area (Å²) < 4.78 is 35.2. The van der Waals surface area contributed by atoms with Crippen LogP contribution < -0.4 is 24.8 Å². The highest BCUT2D eigenvalue weighted by Crippen LogP contribution is 2.33. The first-order chi connectivity index (χ1) is 43.8. The summed E-state index contributed by atoms with van der Waals surface area (Å²) in [5, 5.41) is 7.67. The number of hydrogen-bond acceptors (Lipinski definition) is 15. The fraction of sp³-hybridized carbons (Fsp3) is 0.451. The van der Waals surface area contributed by atoms with Crippen molar-refractivity contribution in [3.05, 3.63) is 150 Å². The number of hydrogen-bond donors (Lipinski definition) is 2. The van der Waals surface area contributed by atoms with E-state index >= 15 is 4.79 Å². The van der Waals surface area contributed by atoms with Crippen LogP contribution in [0.3, 0.4) is 0 Å². The molecule has 6 atom stereocenters. The van der Waals surface area contributed by atoms with Crippen LogP contribution in [0.25, 0.3) is 10.8 Å². The lowest BCUT2D eigenvalue weighted by Gasteiger charge is -2.36. The van der Waals surface area contributed by atoms with Crippen molar-refractivity contribution in [3.63, 3.8) is 0 Å². The van der Waals surface area contributed by atoms with Crippen LogP contribution in [0, 0.1) is 5.41 Å². The van der Waals surface area contributed by atoms with Crippen LogP contribution in [0.1, 0.15) is 102 Å². The second-order valence-electron chi connectivity index (χ2n) is 25.1. The Morgan fingerprint density at radius 1 is 0.663 bits per heavy atom. The molecule has 1 fully saturated rings. The summed E-state index contributed by atoms with van der Waals surface area (Å²) in [6.07, 6.45) is 3.83. The maximum Gasteiger partial charge on any atom is 0.330 e. The highest BCUT2D eigenvalue weighted by atomic mass is 16.5. The smallest absolute Gasteiger partial charge is 0.330 e. The third-order valence-electron chi connectivity index (χ3n) is 16.6. The molecular formula is C71H88N6O15. The summed E-state index contributed by atoms with van der Waals surface area (Å²) in [5.41, 5.74) is 0.439. The molecule has 0 aromatic heterocycles. The molecule has 92 heavy (non-hydrogen) atoms. The molecule has 0 spiro atoms. The van der Waals surface area contributed by atoms with Crippen LogP contribution in [0.4, 0.5) is 0 Å². The Labute approximate surface area is 539 Å². The minimum absolute atomic E-state index is 0.0244. The number of rotatable bonds is 11. The quantitative estimate of drug-likeness (QED) is 0.0971. The number of carbonyl (C=O) groups excluding carboxylic acids is 9. The molecule has 0 saturated carbocycles. The van der Waals surface area contributed by atoms with Gasteiger partial charge in [0.1, 0.15) is 48.7 Å². The molecule has 21 heteroatoms. The van der Waals surface area contributed by atoms with Crippen LogP contribution in [-0.2, 0) is 76.6 Å². The maximum absolute atomic E-state index is 15.2. The average Bonchev–Trinajstić information content (AvgIpc) is 1.05. The lowest BCUT2D eigenvalue weighted by Crippen LogP contribution is -2.60. The zero-order valence-electron chi connectivity index (χ0n) is 54.7. The number of Topliss-reactive ketones (excluding diaryl/α,β-unsaturated/α-hetero) is 1. The Bertz CT molecular complexity index is 3470. The van der Waals surface area contributed by atoms with Crippen molar-refractivity contribution in [2.75, 3.05) is 68.3 Å². The first-order valence-corrected chi connectivity index (χ1v) is 31.1. The number of esters is 2. The molecule has 2 heterocycles. The fourth-order valence-electron chi connectivity index (χ4n) is 10.8. The summed E-state index contributed by atoms with van der Waals surface area (Å²) >= 11 is 0. The van der Waals surface area contributed by atoms with Crippen LogP contribution in [0.15, 0.2) is 127 Å². The van der Waals surface area contributed by atoms with Gasteiger partial charge in [-0.15, -0.1) is 0 Å². The van der Waals surface area contributed by atoms with Gasteiger partial charge in [-0.2, -0.15) is 0 Å². The van der Waals surface area contributed by atoms with Crippen LogP contribution in [0.2, 0.25) is 0 Å². The Balaban J connectivity index is 1.22. The van der Waals surface area contributed by atoms with E-state index in [-0.39, 0.29) is 57.6 Å². The van der Waals surface area contributed by atoms with Crippen molar-refractivity contribution in [2.45, 2.75) is 135 Å². The first kappa shape index (κ1) is 70.3. The van der Waals surface area contributed by atoms with Crippen molar-refractivity contribution < 1.29 is 71.6 Å². The number of cyclic esters (lactones) is 2. The lowest BCUT2D eigenvalue weighted by atomic mass is 9.87. The van der Waals surface area contributed by atoms with E-state index in [1.54, 1.807) is 70.3 Å². The van der Waals surface area contributed by atoms with Gasteiger partial charge in [0.25, 0.3) is 11.8 Å². The standard InChI is InChI=1S/C71H88N6O15/c1-46-64(81)72-55(40-49-30-33-50-24-15-16-25-51(50)38-49)67(84)76(9)57(43-91-70(2,3)4)65(82)73-54(39-47-22-13-12-14-23-47)66(83)74(7)36-19-18-29-62(79)90-45-71(5,6)63(80)68(85)77-37-20-17-28-56(77)69(86)92-58(34-31-48-32-35-59(87-10)60(41-48)88-11)52-26-21-27-53(42-52)89-44-61(78)75(46)8/h12-16,18,21-27,29-30,32-33,35,38,41-42,46,54-58H,17,19-20,28,31,34,36-37,39-40,43-45H2,1-11H3,(H,72,81)(H,73,82)/b29-18-/t46-,54+,55-,56-,57-,58+/m0/s1. The maximum atomic E-state index is 15.2. The predicted molar refractivity (Wildman–Crippen MR) is 345 cm³/mol. The van der Waals surface area contributed by atoms with Gasteiger partial charge in [0, 0.05) is 53.2 Å². The van der Waals surface area contributed by atoms with E-state index in [9.17, 15) is 38.4 Å². The van der Waals surface area contributed by atoms with Gasteiger partial charge < -0.3 is 58.7 Å². The molecule has 2 bridgehead atoms. The van der Waals surface area contributed by atoms with Crippen LogP contribution in [0.5, 0.6) is 17.2 Å². The summed E-state index contributed by atoms with van der Waals surface area (Å²) in [6, 6.07) is 28.5. The van der Waals surface area contributed by atoms with Gasteiger partial charge in [-0.25, -0.2) is 9.59 Å². The second kappa shape index (κ2) is 32.3. The molecule has 0 aliphatic carbocycles. The third-order valence-corrected chi connectivity index (χ3v) is 16.6. The SMILES string of the molecule is COc1ccc(CC[C@H]2OC(=O)[C@@H]3CCCCN3C(=O)C(=O)C(C)(C)COC(=O)/C=C\CCN(C)C(=O)[C@@H](Cc3ccccc3)NC(=O)[C@H](COC(C)(C)C)N(C)C(=O)[C@H](Cc3ccc4ccccc4c3)NC(=O)[C@H](C)N(C)C(=O)COc3cccc2c3)cc1OC. The molecule has 7 rings (SSSR count). The van der Waals surface area contributed by atoms with E-state index in [2.05, 4.69) is 10.6 Å². The molecule has 0 radical (unpaired) electrons. The lowest BCUT2D eigenvalue weighted by molar-refractivity contribution is -0.165. The van der Waals surface area contributed by atoms with Gasteiger partial charge in [-0.1, -0.05) is 97.1 Å². The number of benzene rings is 5. The summed E-state index contributed by atoms with van der Waals surface area (Å²) in [7, 11) is 7.48. The predicted octanol–water partition coefficient (Wildman–Crippen LogP) is 7.33. The van der Waals surface area contributed by atoms with Gasteiger partial charge in [0.15, 0.2) is 18.1 Å². The molecule has 1 saturated heterocycles. The monoisotopic (exact) mass is 1260 g/mol. The fourth-order valence-corrected chi connectivity index (χ4v) is 10.8. The van der Waals surface area contributed by atoms with E-state index in [1.807, 2.05) is 72.8 Å². The molecule has 21 nitrogen and oxygen atoms in total. The highest BCUT2D eigenvalue weighted by molar-refractivity contribution is 6.38. The number of aryl methyl sites for hydroxylation is 1. The summed E-state index contributed by atoms with van der Waals surface area (Å²) in [6.45, 7) is 8.72. The number of ketones is 1. The van der Waals surface area contributed by atoms with Gasteiger partial charge in [-0.05, 0) is 137 Å². The van der Waals surface area contributed by atoms with E-state index in [1.165, 1.54) is 74.8 Å². The molecule has 5 aromatic rings. The first-order valence-electron chi connectivity index (χ1n) is 31.1. The number of amides is 6. The van der Waals surface area contributed by atoms with Crippen molar-refractivity contribution in [2.24, 2.45) is 5.41 Å². The molecular weight excluding hydrogens is 1180 g/mol. The number of fused-ring (bicyclic) bond motifs is 4. The summed E-state index contributed by atoms with van der Waals surface area (Å²) in [4.78, 5) is 134. The van der Waals surface area contributed by atoms with E-state index in [0.29, 0.717) is 41.9 Å². The molecule has 2 aliphatic heterocycles. The van der Waals surface area contributed by atoms with Gasteiger partial charge in [0.2, 0.25) is 29.4 Å². The van der Waals surface area contributed by atoms with E-state index in [4.69, 9.17) is 28.4 Å². The van der Waals surface area contributed by atoms with Gasteiger partial charge in [0.05, 0.1) is 31.8 Å². The zero-order chi connectivity index (χ0) is 66.9. The topological polar surface area (TPSA) is 246 Å². The number of ether oxygens (including phenoxy) is 6. The Morgan fingerprint density at radius 3 is 2.05 bits per heavy atom. The largest absolute Gasteiger partial charge is 0.493 e. The molecule has 0 unspecified atom stereocenters. The molecule has 5 aromatic carbocycles. The van der Waals surface area contributed by atoms with Crippen molar-refractivity contribution >= 4 is 63.9 Å². The van der Waals surface area contributed by atoms with Crippen LogP contribution >= 0.6 is 0 Å². The number of piperidine rings is 1. The van der Waals surface area contributed by atoms with Crippen molar-refractivity contribution in [3.8, 4) is 17.2 Å². The van der Waals surface area contributed by atoms with Gasteiger partial charge in [-0.3, -0.25) is 33.6 Å². The highest BCUT2D eigenvalue weighted by Gasteiger charge is 2.43. The number of nitrogens with zero attached hydrogens (tertiary/aromatic N) is 4. The zero-order valence-corrected chi connectivity index (χ0v) is 54.7. The second-order valence-corrected chi connectivity index (χ2v) is 25.1. The van der Waals surface area contributed by atoms with Gasteiger partial charge >= 0.3 is 11.9 Å². The summed E-state index contributed by atoms with van der Waals surface area (Å²) in [5.74, 6) is -5.24. The molecule has 6 amide bonds. The minimum Gasteiger partial charge on any atom is -0.493 e. The number of methoxy groups -OCH3 is 2. The molecule has 2 N–H and O–H groups in total. The minimum atomic E-state index is -1.52. The number of carbonyl (C=O) groups is 9. The molecule has 2 aliphatic rings. The van der Waals surface area contributed by atoms with E-state index in [0.717, 1.165) is 28.0 Å². The van der Waals surface area contributed by atoms with Crippen LogP contribution in [-0.4, -0.2) is 177 Å². The number of likely N-dealkylation sites (N-methyl/N-ethyl adjacent to an activating group) is 3. The average molecular weight is 1270 g/mol. The van der Waals surface area contributed by atoms with Crippen molar-refractivity contribution in [1.29, 1.82) is 0 Å². The van der Waals surface area contributed by atoms with E-state index < -0.39 is 114 Å². The normalized spacial score (nSPS) is 22.3. The van der Waals surface area contributed by atoms with Crippen molar-refractivity contribution in [1.82, 2.24) is 30.2 Å².